The number of anilines is 2. The smallest absolute Gasteiger partial charge is 0.221 e. The van der Waals surface area contributed by atoms with Gasteiger partial charge in [0.2, 0.25) is 5.91 Å². The number of amides is 1. The lowest BCUT2D eigenvalue weighted by atomic mass is 9.91. The number of nitrogens with zero attached hydrogens (tertiary/aromatic N) is 4. The van der Waals surface area contributed by atoms with Crippen molar-refractivity contribution in [3.8, 4) is 11.3 Å². The van der Waals surface area contributed by atoms with Gasteiger partial charge in [-0.15, -0.1) is 10.2 Å². The fourth-order valence-electron chi connectivity index (χ4n) is 5.34. The fourth-order valence-corrected chi connectivity index (χ4v) is 5.34. The first kappa shape index (κ1) is 21.6. The van der Waals surface area contributed by atoms with Crippen molar-refractivity contribution in [3.63, 3.8) is 0 Å². The van der Waals surface area contributed by atoms with Gasteiger partial charge in [0.15, 0.2) is 0 Å². The summed E-state index contributed by atoms with van der Waals surface area (Å²) in [5.41, 5.74) is 4.94. The van der Waals surface area contributed by atoms with E-state index in [1.165, 1.54) is 18.3 Å². The summed E-state index contributed by atoms with van der Waals surface area (Å²) in [5.74, 6) is 2.11. The van der Waals surface area contributed by atoms with Crippen molar-refractivity contribution in [1.29, 1.82) is 0 Å². The first-order valence-corrected chi connectivity index (χ1v) is 11.7. The first-order chi connectivity index (χ1) is 15.9. The third kappa shape index (κ3) is 4.75. The van der Waals surface area contributed by atoms with E-state index in [9.17, 15) is 4.79 Å². The lowest BCUT2D eigenvalue weighted by Gasteiger charge is -2.19. The summed E-state index contributed by atoms with van der Waals surface area (Å²) in [6.45, 7) is 4.68. The number of carbonyl (C=O) groups is 1. The second kappa shape index (κ2) is 8.94. The Kier molecular flexibility index (Phi) is 5.85. The van der Waals surface area contributed by atoms with Gasteiger partial charge in [-0.3, -0.25) is 9.48 Å². The van der Waals surface area contributed by atoms with Crippen LogP contribution in [0.25, 0.3) is 11.3 Å². The van der Waals surface area contributed by atoms with E-state index in [2.05, 4.69) is 44.2 Å². The molecule has 8 nitrogen and oxygen atoms in total. The molecule has 3 heterocycles. The maximum atomic E-state index is 11.2. The molecule has 1 saturated carbocycles. The molecule has 3 aromatic rings. The van der Waals surface area contributed by atoms with Gasteiger partial charge < -0.3 is 16.0 Å². The minimum absolute atomic E-state index is 0.0806. The van der Waals surface area contributed by atoms with E-state index in [1.54, 1.807) is 0 Å². The molecule has 1 aliphatic heterocycles. The van der Waals surface area contributed by atoms with Gasteiger partial charge in [-0.1, -0.05) is 12.1 Å². The molecule has 8 heteroatoms. The molecule has 0 spiro atoms. The van der Waals surface area contributed by atoms with Gasteiger partial charge in [-0.05, 0) is 68.5 Å². The van der Waals surface area contributed by atoms with Crippen molar-refractivity contribution in [2.24, 2.45) is 18.9 Å². The van der Waals surface area contributed by atoms with Crippen molar-refractivity contribution in [2.45, 2.75) is 45.2 Å². The molecule has 0 bridgehead atoms. The Labute approximate surface area is 194 Å². The minimum Gasteiger partial charge on any atom is -0.366 e. The van der Waals surface area contributed by atoms with E-state index >= 15 is 0 Å². The summed E-state index contributed by atoms with van der Waals surface area (Å²) in [5, 5.41) is 23.6. The lowest BCUT2D eigenvalue weighted by Crippen LogP contribution is -2.31. The molecule has 3 N–H and O–H groups in total. The summed E-state index contributed by atoms with van der Waals surface area (Å²) < 4.78 is 1.96. The van der Waals surface area contributed by atoms with Crippen molar-refractivity contribution in [2.75, 3.05) is 17.2 Å². The summed E-state index contributed by atoms with van der Waals surface area (Å²) in [7, 11) is 2.01. The number of hydrogen-bond donors (Lipinski definition) is 3. The number of aromatic nitrogens is 4. The molecule has 2 aromatic heterocycles. The molecular weight excluding hydrogens is 414 g/mol. The van der Waals surface area contributed by atoms with Crippen LogP contribution in [0.1, 0.15) is 31.2 Å². The van der Waals surface area contributed by atoms with Crippen LogP contribution in [-0.2, 0) is 18.3 Å². The van der Waals surface area contributed by atoms with Crippen LogP contribution in [0.4, 0.5) is 11.5 Å². The van der Waals surface area contributed by atoms with Crippen LogP contribution in [-0.4, -0.2) is 44.5 Å². The maximum Gasteiger partial charge on any atom is 0.221 e. The maximum absolute atomic E-state index is 11.2. The van der Waals surface area contributed by atoms with E-state index in [0.29, 0.717) is 23.9 Å². The number of carbonyl (C=O) groups excluding carboxylic acids is 1. The number of aryl methyl sites for hydroxylation is 2. The van der Waals surface area contributed by atoms with Crippen LogP contribution in [0.15, 0.2) is 42.5 Å². The molecule has 1 saturated heterocycles. The van der Waals surface area contributed by atoms with E-state index in [1.807, 2.05) is 48.1 Å². The molecule has 0 radical (unpaired) electrons. The van der Waals surface area contributed by atoms with E-state index in [0.717, 1.165) is 48.6 Å². The van der Waals surface area contributed by atoms with Gasteiger partial charge in [0.1, 0.15) is 5.82 Å². The second-order valence-electron chi connectivity index (χ2n) is 9.42. The van der Waals surface area contributed by atoms with Gasteiger partial charge in [-0.25, -0.2) is 0 Å². The lowest BCUT2D eigenvalue weighted by molar-refractivity contribution is -0.114. The SMILES string of the molecule is CC(=O)Nc1ccc(-c2ccc(N[C@H]3C[C@@H]4CN[C@@H](Cc5cc(C)n(C)n5)[C@H]4C3)nn2)cc1. The third-order valence-corrected chi connectivity index (χ3v) is 7.02. The number of hydrogen-bond acceptors (Lipinski definition) is 6. The molecule has 4 atom stereocenters. The summed E-state index contributed by atoms with van der Waals surface area (Å²) in [6.07, 6.45) is 3.29. The highest BCUT2D eigenvalue weighted by Gasteiger charge is 2.43. The van der Waals surface area contributed by atoms with Gasteiger partial charge in [0, 0.05) is 49.4 Å². The number of benzene rings is 1. The normalized spacial score (nSPS) is 24.0. The monoisotopic (exact) mass is 445 g/mol. The van der Waals surface area contributed by atoms with Gasteiger partial charge in [0.25, 0.3) is 0 Å². The van der Waals surface area contributed by atoms with Crippen LogP contribution in [0.2, 0.25) is 0 Å². The molecule has 1 aliphatic carbocycles. The van der Waals surface area contributed by atoms with Crippen LogP contribution in [0.5, 0.6) is 0 Å². The Morgan fingerprint density at radius 2 is 1.97 bits per heavy atom. The molecule has 33 heavy (non-hydrogen) atoms. The molecule has 2 fully saturated rings. The number of fused-ring (bicyclic) bond motifs is 1. The predicted molar refractivity (Wildman–Crippen MR) is 129 cm³/mol. The second-order valence-corrected chi connectivity index (χ2v) is 9.42. The Bertz CT molecular complexity index is 1100. The molecule has 2 aliphatic rings. The highest BCUT2D eigenvalue weighted by Crippen LogP contribution is 2.40. The Morgan fingerprint density at radius 3 is 2.64 bits per heavy atom. The van der Waals surface area contributed by atoms with Gasteiger partial charge in [0.05, 0.1) is 11.4 Å². The number of nitrogens with one attached hydrogen (secondary N) is 3. The highest BCUT2D eigenvalue weighted by atomic mass is 16.1. The molecule has 172 valence electrons. The third-order valence-electron chi connectivity index (χ3n) is 7.02. The molecule has 1 amide bonds. The quantitative estimate of drug-likeness (QED) is 0.539. The fraction of sp³-hybridized carbons (Fsp3) is 0.440. The van der Waals surface area contributed by atoms with E-state index in [4.69, 9.17) is 0 Å². The number of rotatable bonds is 6. The Morgan fingerprint density at radius 1 is 1.15 bits per heavy atom. The Balaban J connectivity index is 1.18. The average Bonchev–Trinajstić information content (AvgIpc) is 3.44. The van der Waals surface area contributed by atoms with Crippen LogP contribution in [0.3, 0.4) is 0 Å². The predicted octanol–water partition coefficient (Wildman–Crippen LogP) is 3.17. The van der Waals surface area contributed by atoms with Crippen molar-refractivity contribution < 1.29 is 4.79 Å². The standard InChI is InChI=1S/C25H31N7O/c1-15-10-21(31-32(15)3)13-24-22-12-20(11-18(22)14-26-24)28-25-9-8-23(29-30-25)17-4-6-19(7-5-17)27-16(2)33/h4-10,18,20,22,24,26H,11-14H2,1-3H3,(H,27,33)(H,28,30)/t18-,20+,22+,24+/m1/s1. The van der Waals surface area contributed by atoms with Crippen LogP contribution in [0, 0.1) is 18.8 Å². The van der Waals surface area contributed by atoms with Crippen molar-refractivity contribution in [3.05, 3.63) is 53.9 Å². The highest BCUT2D eigenvalue weighted by molar-refractivity contribution is 5.88. The zero-order chi connectivity index (χ0) is 22.9. The van der Waals surface area contributed by atoms with E-state index in [-0.39, 0.29) is 5.91 Å². The Hall–Kier alpha value is -3.26. The van der Waals surface area contributed by atoms with Gasteiger partial charge in [-0.2, -0.15) is 5.10 Å². The average molecular weight is 446 g/mol. The summed E-state index contributed by atoms with van der Waals surface area (Å²) >= 11 is 0. The summed E-state index contributed by atoms with van der Waals surface area (Å²) in [4.78, 5) is 11.2. The van der Waals surface area contributed by atoms with Crippen LogP contribution < -0.4 is 16.0 Å². The zero-order valence-corrected chi connectivity index (χ0v) is 19.4. The van der Waals surface area contributed by atoms with Crippen molar-refractivity contribution in [1.82, 2.24) is 25.3 Å². The van der Waals surface area contributed by atoms with Crippen LogP contribution >= 0.6 is 0 Å². The first-order valence-electron chi connectivity index (χ1n) is 11.7. The van der Waals surface area contributed by atoms with Crippen molar-refractivity contribution >= 4 is 17.4 Å². The minimum atomic E-state index is -0.0806. The largest absolute Gasteiger partial charge is 0.366 e. The molecule has 5 rings (SSSR count). The zero-order valence-electron chi connectivity index (χ0n) is 19.4. The molecule has 0 unspecified atom stereocenters. The molecular formula is C25H31N7O. The topological polar surface area (TPSA) is 96.8 Å². The summed E-state index contributed by atoms with van der Waals surface area (Å²) in [6, 6.07) is 14.7. The van der Waals surface area contributed by atoms with Gasteiger partial charge >= 0.3 is 0 Å². The molecule has 1 aromatic carbocycles. The van der Waals surface area contributed by atoms with E-state index < -0.39 is 0 Å².